The van der Waals surface area contributed by atoms with Gasteiger partial charge in [0, 0.05) is 18.3 Å². The number of hydrogen-bond donors (Lipinski definition) is 0. The highest BCUT2D eigenvalue weighted by atomic mass is 16.6. The highest BCUT2D eigenvalue weighted by molar-refractivity contribution is 5.71. The number of aryl methyl sites for hydroxylation is 2. The third kappa shape index (κ3) is 3.43. The van der Waals surface area contributed by atoms with Gasteiger partial charge in [0.05, 0.1) is 5.69 Å². The summed E-state index contributed by atoms with van der Waals surface area (Å²) in [4.78, 5) is 28.1. The van der Waals surface area contributed by atoms with E-state index in [9.17, 15) is 9.59 Å². The molecule has 0 amide bonds. The lowest BCUT2D eigenvalue weighted by molar-refractivity contribution is -0.147. The smallest absolute Gasteiger partial charge is 0.344 e. The Hall–Kier alpha value is -3.16. The van der Waals surface area contributed by atoms with Crippen LogP contribution in [-0.4, -0.2) is 27.1 Å². The van der Waals surface area contributed by atoms with Crippen LogP contribution in [0.1, 0.15) is 17.0 Å². The summed E-state index contributed by atoms with van der Waals surface area (Å²) in [5.74, 6) is 0.194. The Morgan fingerprint density at radius 2 is 2.17 bits per heavy atom. The molecule has 0 aliphatic heterocycles. The van der Waals surface area contributed by atoms with Gasteiger partial charge in [-0.05, 0) is 30.6 Å². The van der Waals surface area contributed by atoms with Crippen molar-refractivity contribution in [2.45, 2.75) is 20.5 Å². The molecule has 0 spiro atoms. The van der Waals surface area contributed by atoms with Gasteiger partial charge in [0.25, 0.3) is 11.4 Å². The van der Waals surface area contributed by atoms with Crippen LogP contribution in [0.3, 0.4) is 0 Å². The standard InChI is InChI=1S/C16H15N3O5/c1-10-4-3-5-19-14(20)7-12(17-16(10)19)8-23-15(21)9-22-13-6-11(2)24-18-13/h3-7H,8-9H2,1-2H3. The average Bonchev–Trinajstić information content (AvgIpc) is 2.97. The Morgan fingerprint density at radius 1 is 1.33 bits per heavy atom. The molecule has 8 heteroatoms. The van der Waals surface area contributed by atoms with Crippen molar-refractivity contribution < 1.29 is 18.8 Å². The van der Waals surface area contributed by atoms with Gasteiger partial charge in [-0.2, -0.15) is 0 Å². The van der Waals surface area contributed by atoms with Gasteiger partial charge in [-0.3, -0.25) is 9.20 Å². The lowest BCUT2D eigenvalue weighted by Crippen LogP contribution is -2.19. The summed E-state index contributed by atoms with van der Waals surface area (Å²) in [5.41, 5.74) is 1.53. The topological polar surface area (TPSA) is 95.9 Å². The molecule has 3 aromatic heterocycles. The Labute approximate surface area is 136 Å². The van der Waals surface area contributed by atoms with Gasteiger partial charge >= 0.3 is 5.97 Å². The van der Waals surface area contributed by atoms with E-state index < -0.39 is 5.97 Å². The van der Waals surface area contributed by atoms with Crippen molar-refractivity contribution in [2.24, 2.45) is 0 Å². The van der Waals surface area contributed by atoms with E-state index in [1.807, 2.05) is 13.0 Å². The quantitative estimate of drug-likeness (QED) is 0.653. The second-order valence-electron chi connectivity index (χ2n) is 5.20. The fourth-order valence-electron chi connectivity index (χ4n) is 2.12. The Balaban J connectivity index is 1.64. The van der Waals surface area contributed by atoms with Crippen molar-refractivity contribution in [1.29, 1.82) is 0 Å². The second kappa shape index (κ2) is 6.53. The molecule has 0 aliphatic rings. The van der Waals surface area contributed by atoms with Gasteiger partial charge in [-0.1, -0.05) is 6.07 Å². The fraction of sp³-hybridized carbons (Fsp3) is 0.250. The molecular formula is C16H15N3O5. The summed E-state index contributed by atoms with van der Waals surface area (Å²) < 4.78 is 16.5. The summed E-state index contributed by atoms with van der Waals surface area (Å²) in [6, 6.07) is 6.52. The van der Waals surface area contributed by atoms with Crippen LogP contribution in [-0.2, 0) is 16.1 Å². The SMILES string of the molecule is Cc1cc(OCC(=O)OCc2cc(=O)n3cccc(C)c3n2)no1. The van der Waals surface area contributed by atoms with Crippen LogP contribution in [0, 0.1) is 13.8 Å². The maximum Gasteiger partial charge on any atom is 0.344 e. The van der Waals surface area contributed by atoms with Gasteiger partial charge in [0.1, 0.15) is 18.0 Å². The average molecular weight is 329 g/mol. The van der Waals surface area contributed by atoms with E-state index in [2.05, 4.69) is 10.1 Å². The highest BCUT2D eigenvalue weighted by Crippen LogP contribution is 2.10. The number of rotatable bonds is 5. The van der Waals surface area contributed by atoms with Crippen molar-refractivity contribution in [2.75, 3.05) is 6.61 Å². The lowest BCUT2D eigenvalue weighted by atomic mass is 10.3. The number of esters is 1. The highest BCUT2D eigenvalue weighted by Gasteiger charge is 2.10. The van der Waals surface area contributed by atoms with Crippen LogP contribution in [0.5, 0.6) is 5.88 Å². The first-order valence-corrected chi connectivity index (χ1v) is 7.22. The predicted molar refractivity (Wildman–Crippen MR) is 82.7 cm³/mol. The van der Waals surface area contributed by atoms with E-state index in [0.717, 1.165) is 5.56 Å². The molecule has 0 saturated carbocycles. The maximum absolute atomic E-state index is 12.0. The largest absolute Gasteiger partial charge is 0.463 e. The van der Waals surface area contributed by atoms with E-state index in [1.165, 1.54) is 10.5 Å². The second-order valence-corrected chi connectivity index (χ2v) is 5.20. The first-order chi connectivity index (χ1) is 11.5. The van der Waals surface area contributed by atoms with Gasteiger partial charge in [0.15, 0.2) is 6.61 Å². The Morgan fingerprint density at radius 3 is 2.92 bits per heavy atom. The molecule has 124 valence electrons. The molecule has 3 heterocycles. The maximum atomic E-state index is 12.0. The molecule has 3 rings (SSSR count). The lowest BCUT2D eigenvalue weighted by Gasteiger charge is -2.07. The van der Waals surface area contributed by atoms with Crippen LogP contribution >= 0.6 is 0 Å². The van der Waals surface area contributed by atoms with Crippen LogP contribution in [0.25, 0.3) is 5.65 Å². The third-order valence-electron chi connectivity index (χ3n) is 3.26. The van der Waals surface area contributed by atoms with E-state index in [4.69, 9.17) is 14.0 Å². The van der Waals surface area contributed by atoms with Crippen molar-refractivity contribution in [3.8, 4) is 5.88 Å². The number of ether oxygens (including phenoxy) is 2. The zero-order valence-corrected chi connectivity index (χ0v) is 13.2. The Kier molecular flexibility index (Phi) is 4.28. The minimum Gasteiger partial charge on any atom is -0.463 e. The predicted octanol–water partition coefficient (Wildman–Crippen LogP) is 1.42. The van der Waals surface area contributed by atoms with E-state index in [1.54, 1.807) is 25.3 Å². The van der Waals surface area contributed by atoms with E-state index in [0.29, 0.717) is 17.1 Å². The molecule has 0 unspecified atom stereocenters. The molecule has 0 N–H and O–H groups in total. The number of aromatic nitrogens is 3. The monoisotopic (exact) mass is 329 g/mol. The number of carbonyl (C=O) groups excluding carboxylic acids is 1. The minimum atomic E-state index is -0.595. The zero-order chi connectivity index (χ0) is 17.1. The Bertz CT molecular complexity index is 944. The fourth-order valence-corrected chi connectivity index (χ4v) is 2.12. The molecule has 0 aliphatic carbocycles. The molecule has 0 aromatic carbocycles. The van der Waals surface area contributed by atoms with Gasteiger partial charge in [-0.25, -0.2) is 9.78 Å². The first kappa shape index (κ1) is 15.7. The number of hydrogen-bond acceptors (Lipinski definition) is 7. The molecule has 0 radical (unpaired) electrons. The normalized spacial score (nSPS) is 10.8. The molecule has 3 aromatic rings. The summed E-state index contributed by atoms with van der Waals surface area (Å²) in [7, 11) is 0. The van der Waals surface area contributed by atoms with Gasteiger partial charge in [-0.15, -0.1) is 0 Å². The summed E-state index contributed by atoms with van der Waals surface area (Å²) in [5, 5.41) is 3.60. The van der Waals surface area contributed by atoms with Gasteiger partial charge in [0.2, 0.25) is 0 Å². The number of pyridine rings is 1. The van der Waals surface area contributed by atoms with Crippen molar-refractivity contribution in [3.63, 3.8) is 0 Å². The molecule has 8 nitrogen and oxygen atoms in total. The van der Waals surface area contributed by atoms with Crippen molar-refractivity contribution >= 4 is 11.6 Å². The van der Waals surface area contributed by atoms with Crippen LogP contribution in [0.15, 0.2) is 39.8 Å². The summed E-state index contributed by atoms with van der Waals surface area (Å²) in [6.45, 7) is 3.15. The molecule has 0 fully saturated rings. The van der Waals surface area contributed by atoms with Crippen LogP contribution < -0.4 is 10.3 Å². The molecule has 24 heavy (non-hydrogen) atoms. The number of nitrogens with zero attached hydrogens (tertiary/aromatic N) is 3. The molecule has 0 bridgehead atoms. The molecule has 0 saturated heterocycles. The summed E-state index contributed by atoms with van der Waals surface area (Å²) >= 11 is 0. The molecular weight excluding hydrogens is 314 g/mol. The van der Waals surface area contributed by atoms with Crippen molar-refractivity contribution in [3.05, 3.63) is 57.8 Å². The first-order valence-electron chi connectivity index (χ1n) is 7.22. The van der Waals surface area contributed by atoms with Crippen molar-refractivity contribution in [1.82, 2.24) is 14.5 Å². The van der Waals surface area contributed by atoms with Gasteiger partial charge < -0.3 is 14.0 Å². The van der Waals surface area contributed by atoms with Crippen LogP contribution in [0.2, 0.25) is 0 Å². The van der Waals surface area contributed by atoms with Crippen LogP contribution in [0.4, 0.5) is 0 Å². The molecule has 0 atom stereocenters. The number of fused-ring (bicyclic) bond motifs is 1. The summed E-state index contributed by atoms with van der Waals surface area (Å²) in [6.07, 6.45) is 1.64. The zero-order valence-electron chi connectivity index (χ0n) is 13.2. The third-order valence-corrected chi connectivity index (χ3v) is 3.26. The van der Waals surface area contributed by atoms with E-state index in [-0.39, 0.29) is 24.7 Å². The van der Waals surface area contributed by atoms with E-state index >= 15 is 0 Å². The minimum absolute atomic E-state index is 0.111. The number of carbonyl (C=O) groups is 1.